The Morgan fingerprint density at radius 2 is 1.96 bits per heavy atom. The Labute approximate surface area is 159 Å². The highest BCUT2D eigenvalue weighted by atomic mass is 19.1. The van der Waals surface area contributed by atoms with E-state index in [9.17, 15) is 9.18 Å². The molecule has 27 heavy (non-hydrogen) atoms. The summed E-state index contributed by atoms with van der Waals surface area (Å²) in [7, 11) is 1.64. The van der Waals surface area contributed by atoms with Crippen molar-refractivity contribution in [3.63, 3.8) is 0 Å². The Hall–Kier alpha value is -2.44. The number of nitrogens with zero attached hydrogens (tertiary/aromatic N) is 1. The summed E-state index contributed by atoms with van der Waals surface area (Å²) in [5.41, 5.74) is 1.69. The molecule has 0 radical (unpaired) electrons. The van der Waals surface area contributed by atoms with E-state index in [2.05, 4.69) is 10.2 Å². The molecule has 0 saturated carbocycles. The van der Waals surface area contributed by atoms with E-state index in [-0.39, 0.29) is 24.4 Å². The highest BCUT2D eigenvalue weighted by Crippen LogP contribution is 2.17. The molecule has 1 N–H and O–H groups in total. The van der Waals surface area contributed by atoms with Crippen molar-refractivity contribution in [3.8, 4) is 5.75 Å². The Morgan fingerprint density at radius 1 is 1.22 bits per heavy atom. The molecule has 1 heterocycles. The van der Waals surface area contributed by atoms with Crippen LogP contribution in [0, 0.1) is 5.82 Å². The Kier molecular flexibility index (Phi) is 6.79. The van der Waals surface area contributed by atoms with Gasteiger partial charge in [-0.05, 0) is 54.8 Å². The molecular formula is C21H25FN2O3. The fraction of sp³-hybridized carbons (Fsp3) is 0.381. The van der Waals surface area contributed by atoms with Gasteiger partial charge < -0.3 is 14.8 Å². The summed E-state index contributed by atoms with van der Waals surface area (Å²) < 4.78 is 23.9. The first-order valence-corrected chi connectivity index (χ1v) is 9.14. The molecule has 6 heteroatoms. The van der Waals surface area contributed by atoms with Crippen molar-refractivity contribution in [2.24, 2.45) is 0 Å². The lowest BCUT2D eigenvalue weighted by Crippen LogP contribution is -2.37. The zero-order valence-electron chi connectivity index (χ0n) is 15.5. The molecule has 0 spiro atoms. The van der Waals surface area contributed by atoms with Crippen molar-refractivity contribution in [1.82, 2.24) is 4.90 Å². The van der Waals surface area contributed by atoms with Gasteiger partial charge in [-0.1, -0.05) is 12.1 Å². The molecule has 0 bridgehead atoms. The van der Waals surface area contributed by atoms with Crippen LogP contribution in [0.3, 0.4) is 0 Å². The normalized spacial score (nSPS) is 16.5. The van der Waals surface area contributed by atoms with Gasteiger partial charge >= 0.3 is 0 Å². The van der Waals surface area contributed by atoms with Crippen LogP contribution >= 0.6 is 0 Å². The van der Waals surface area contributed by atoms with Gasteiger partial charge in [-0.3, -0.25) is 9.69 Å². The minimum atomic E-state index is -0.326. The monoisotopic (exact) mass is 372 g/mol. The number of methoxy groups -OCH3 is 1. The van der Waals surface area contributed by atoms with E-state index in [0.717, 1.165) is 30.8 Å². The predicted molar refractivity (Wildman–Crippen MR) is 102 cm³/mol. The van der Waals surface area contributed by atoms with Crippen molar-refractivity contribution in [2.45, 2.75) is 25.5 Å². The van der Waals surface area contributed by atoms with Crippen LogP contribution in [0.15, 0.2) is 48.5 Å². The molecule has 3 rings (SSSR count). The number of benzene rings is 2. The predicted octanol–water partition coefficient (Wildman–Crippen LogP) is 3.45. The zero-order chi connectivity index (χ0) is 19.1. The highest BCUT2D eigenvalue weighted by Gasteiger charge is 2.21. The number of rotatable bonds is 8. The third kappa shape index (κ3) is 6.05. The average molecular weight is 372 g/mol. The maximum absolute atomic E-state index is 13.0. The van der Waals surface area contributed by atoms with Gasteiger partial charge in [-0.15, -0.1) is 0 Å². The van der Waals surface area contributed by atoms with Gasteiger partial charge in [-0.2, -0.15) is 0 Å². The summed E-state index contributed by atoms with van der Waals surface area (Å²) in [6, 6.07) is 13.6. The standard InChI is InChI=1S/C21H25FN2O3/c1-26-19-10-4-16(5-11-19)13-24(14-20-3-2-12-27-20)15-21(25)23-18-8-6-17(22)7-9-18/h4-11,20H,2-3,12-15H2,1H3,(H,23,25). The lowest BCUT2D eigenvalue weighted by Gasteiger charge is -2.25. The number of nitrogens with one attached hydrogen (secondary N) is 1. The van der Waals surface area contributed by atoms with Crippen molar-refractivity contribution in [3.05, 3.63) is 59.9 Å². The van der Waals surface area contributed by atoms with Gasteiger partial charge in [0.2, 0.25) is 5.91 Å². The molecule has 0 aliphatic carbocycles. The number of ether oxygens (including phenoxy) is 2. The summed E-state index contributed by atoms with van der Waals surface area (Å²) in [6.07, 6.45) is 2.23. The molecule has 1 aliphatic heterocycles. The van der Waals surface area contributed by atoms with Crippen LogP contribution in [0.4, 0.5) is 10.1 Å². The second-order valence-corrected chi connectivity index (χ2v) is 6.71. The van der Waals surface area contributed by atoms with Gasteiger partial charge in [0.25, 0.3) is 0 Å². The minimum absolute atomic E-state index is 0.131. The molecule has 0 aromatic heterocycles. The average Bonchev–Trinajstić information content (AvgIpc) is 3.17. The van der Waals surface area contributed by atoms with Crippen molar-refractivity contribution >= 4 is 11.6 Å². The van der Waals surface area contributed by atoms with Gasteiger partial charge in [0.1, 0.15) is 11.6 Å². The molecule has 1 atom stereocenters. The SMILES string of the molecule is COc1ccc(CN(CC(=O)Nc2ccc(F)cc2)CC2CCCO2)cc1. The fourth-order valence-corrected chi connectivity index (χ4v) is 3.19. The molecule has 2 aromatic carbocycles. The van der Waals surface area contributed by atoms with Gasteiger partial charge in [0.05, 0.1) is 19.8 Å². The highest BCUT2D eigenvalue weighted by molar-refractivity contribution is 5.92. The van der Waals surface area contributed by atoms with E-state index in [1.807, 2.05) is 24.3 Å². The van der Waals surface area contributed by atoms with Gasteiger partial charge in [0, 0.05) is 25.4 Å². The van der Waals surface area contributed by atoms with Crippen LogP contribution in [-0.2, 0) is 16.1 Å². The maximum atomic E-state index is 13.0. The van der Waals surface area contributed by atoms with Gasteiger partial charge in [-0.25, -0.2) is 4.39 Å². The molecular weight excluding hydrogens is 347 g/mol. The lowest BCUT2D eigenvalue weighted by atomic mass is 10.1. The van der Waals surface area contributed by atoms with Crippen molar-refractivity contribution < 1.29 is 18.7 Å². The molecule has 144 valence electrons. The Bertz CT molecular complexity index is 728. The smallest absolute Gasteiger partial charge is 0.238 e. The van der Waals surface area contributed by atoms with Crippen LogP contribution in [0.1, 0.15) is 18.4 Å². The largest absolute Gasteiger partial charge is 0.497 e. The third-order valence-corrected chi connectivity index (χ3v) is 4.55. The quantitative estimate of drug-likeness (QED) is 0.771. The van der Waals surface area contributed by atoms with Crippen LogP contribution < -0.4 is 10.1 Å². The van der Waals surface area contributed by atoms with Crippen LogP contribution in [0.5, 0.6) is 5.75 Å². The summed E-state index contributed by atoms with van der Waals surface area (Å²) >= 11 is 0. The lowest BCUT2D eigenvalue weighted by molar-refractivity contribution is -0.117. The molecule has 1 amide bonds. The van der Waals surface area contributed by atoms with Gasteiger partial charge in [0.15, 0.2) is 0 Å². The molecule has 1 saturated heterocycles. The Balaban J connectivity index is 1.62. The number of amides is 1. The number of carbonyl (C=O) groups is 1. The van der Waals surface area contributed by atoms with E-state index in [0.29, 0.717) is 18.8 Å². The summed E-state index contributed by atoms with van der Waals surface area (Å²) in [5, 5.41) is 2.82. The first-order valence-electron chi connectivity index (χ1n) is 9.14. The van der Waals surface area contributed by atoms with Crippen LogP contribution in [0.2, 0.25) is 0 Å². The third-order valence-electron chi connectivity index (χ3n) is 4.55. The topological polar surface area (TPSA) is 50.8 Å². The molecule has 1 unspecified atom stereocenters. The first-order chi connectivity index (χ1) is 13.1. The fourth-order valence-electron chi connectivity index (χ4n) is 3.19. The number of anilines is 1. The summed E-state index contributed by atoms with van der Waals surface area (Å²) in [6.45, 7) is 2.36. The van der Waals surface area contributed by atoms with Crippen LogP contribution in [0.25, 0.3) is 0 Å². The Morgan fingerprint density at radius 3 is 2.59 bits per heavy atom. The van der Waals surface area contributed by atoms with E-state index in [1.165, 1.54) is 12.1 Å². The second-order valence-electron chi connectivity index (χ2n) is 6.71. The summed E-state index contributed by atoms with van der Waals surface area (Å²) in [5.74, 6) is 0.346. The molecule has 1 aliphatic rings. The summed E-state index contributed by atoms with van der Waals surface area (Å²) in [4.78, 5) is 14.5. The number of hydrogen-bond acceptors (Lipinski definition) is 4. The number of carbonyl (C=O) groups excluding carboxylic acids is 1. The zero-order valence-corrected chi connectivity index (χ0v) is 15.5. The minimum Gasteiger partial charge on any atom is -0.497 e. The second kappa shape index (κ2) is 9.48. The van der Waals surface area contributed by atoms with E-state index in [1.54, 1.807) is 19.2 Å². The number of hydrogen-bond donors (Lipinski definition) is 1. The van der Waals surface area contributed by atoms with E-state index < -0.39 is 0 Å². The van der Waals surface area contributed by atoms with E-state index >= 15 is 0 Å². The molecule has 1 fully saturated rings. The van der Waals surface area contributed by atoms with Crippen LogP contribution in [-0.4, -0.2) is 43.7 Å². The molecule has 2 aromatic rings. The van der Waals surface area contributed by atoms with Crippen molar-refractivity contribution in [2.75, 3.05) is 32.1 Å². The molecule has 5 nitrogen and oxygen atoms in total. The number of halogens is 1. The maximum Gasteiger partial charge on any atom is 0.238 e. The van der Waals surface area contributed by atoms with E-state index in [4.69, 9.17) is 9.47 Å². The van der Waals surface area contributed by atoms with Crippen molar-refractivity contribution in [1.29, 1.82) is 0 Å². The first kappa shape index (κ1) is 19.3.